The van der Waals surface area contributed by atoms with Crippen molar-refractivity contribution in [2.75, 3.05) is 25.6 Å². The van der Waals surface area contributed by atoms with E-state index in [0.29, 0.717) is 5.82 Å². The third-order valence-corrected chi connectivity index (χ3v) is 2.51. The van der Waals surface area contributed by atoms with E-state index in [1.165, 1.54) is 13.2 Å². The fourth-order valence-electron chi connectivity index (χ4n) is 1.66. The summed E-state index contributed by atoms with van der Waals surface area (Å²) < 4.78 is 4.81. The fraction of sp³-hybridized carbons (Fsp3) is 0.538. The van der Waals surface area contributed by atoms with Crippen LogP contribution in [-0.4, -0.2) is 47.5 Å². The van der Waals surface area contributed by atoms with Gasteiger partial charge < -0.3 is 20.3 Å². The number of aliphatic hydroxyl groups excluding tert-OH is 1. The van der Waals surface area contributed by atoms with Gasteiger partial charge in [0.2, 0.25) is 0 Å². The minimum Gasteiger partial charge on any atom is -0.478 e. The lowest BCUT2D eigenvalue weighted by Crippen LogP contribution is -2.24. The van der Waals surface area contributed by atoms with E-state index in [1.807, 2.05) is 6.92 Å². The van der Waals surface area contributed by atoms with Crippen LogP contribution in [0.1, 0.15) is 29.4 Å². The first kappa shape index (κ1) is 15.4. The lowest BCUT2D eigenvalue weighted by molar-refractivity contribution is 0.0696. The van der Waals surface area contributed by atoms with Crippen molar-refractivity contribution in [1.29, 1.82) is 0 Å². The van der Waals surface area contributed by atoms with Gasteiger partial charge in [-0.1, -0.05) is 13.3 Å². The van der Waals surface area contributed by atoms with Gasteiger partial charge in [0.25, 0.3) is 0 Å². The minimum atomic E-state index is -0.986. The average Bonchev–Trinajstić information content (AvgIpc) is 2.37. The number of aryl methyl sites for hydroxylation is 1. The highest BCUT2D eigenvalue weighted by atomic mass is 16.5. The number of nitrogens with zero attached hydrogens (tertiary/aromatic N) is 1. The molecule has 0 radical (unpaired) electrons. The van der Waals surface area contributed by atoms with Gasteiger partial charge in [-0.3, -0.25) is 0 Å². The molecule has 0 saturated carbocycles. The number of anilines is 1. The number of aliphatic hydroxyl groups is 1. The molecule has 1 unspecified atom stereocenters. The molecule has 6 heteroatoms. The summed E-state index contributed by atoms with van der Waals surface area (Å²) in [5.74, 6) is -0.529. The molecular formula is C13H20N2O4. The lowest BCUT2D eigenvalue weighted by Gasteiger charge is -2.12. The largest absolute Gasteiger partial charge is 0.478 e. The molecule has 1 heterocycles. The van der Waals surface area contributed by atoms with Crippen molar-refractivity contribution in [2.24, 2.45) is 0 Å². The molecule has 0 fully saturated rings. The molecule has 0 bridgehead atoms. The van der Waals surface area contributed by atoms with Gasteiger partial charge >= 0.3 is 5.97 Å². The highest BCUT2D eigenvalue weighted by Crippen LogP contribution is 2.12. The minimum absolute atomic E-state index is 0.196. The van der Waals surface area contributed by atoms with Crippen LogP contribution in [0.5, 0.6) is 0 Å². The summed E-state index contributed by atoms with van der Waals surface area (Å²) in [6.45, 7) is 2.48. The van der Waals surface area contributed by atoms with Crippen molar-refractivity contribution in [1.82, 2.24) is 4.98 Å². The van der Waals surface area contributed by atoms with Gasteiger partial charge in [0.15, 0.2) is 0 Å². The van der Waals surface area contributed by atoms with Gasteiger partial charge in [-0.05, 0) is 18.6 Å². The highest BCUT2D eigenvalue weighted by molar-refractivity contribution is 5.88. The van der Waals surface area contributed by atoms with Crippen molar-refractivity contribution in [3.63, 3.8) is 0 Å². The van der Waals surface area contributed by atoms with Gasteiger partial charge in [0, 0.05) is 19.3 Å². The normalized spacial score (nSPS) is 12.2. The van der Waals surface area contributed by atoms with Gasteiger partial charge in [-0.15, -0.1) is 0 Å². The van der Waals surface area contributed by atoms with Gasteiger partial charge in [-0.2, -0.15) is 0 Å². The summed E-state index contributed by atoms with van der Waals surface area (Å²) in [6.07, 6.45) is 0.952. The van der Waals surface area contributed by atoms with Crippen LogP contribution < -0.4 is 5.32 Å². The summed E-state index contributed by atoms with van der Waals surface area (Å²) in [6, 6.07) is 3.03. The number of nitrogens with one attached hydrogen (secondary N) is 1. The number of methoxy groups -OCH3 is 1. The zero-order chi connectivity index (χ0) is 14.3. The molecule has 106 valence electrons. The second-order valence-electron chi connectivity index (χ2n) is 4.28. The molecule has 0 aliphatic rings. The van der Waals surface area contributed by atoms with Crippen molar-refractivity contribution in [3.05, 3.63) is 23.4 Å². The molecule has 0 aliphatic carbocycles. The Morgan fingerprint density at radius 2 is 2.26 bits per heavy atom. The maximum atomic E-state index is 11.0. The number of carboxylic acids is 1. The van der Waals surface area contributed by atoms with Gasteiger partial charge in [0.1, 0.15) is 5.82 Å². The molecule has 0 saturated heterocycles. The Kier molecular flexibility index (Phi) is 6.24. The molecule has 0 spiro atoms. The second-order valence-corrected chi connectivity index (χ2v) is 4.28. The lowest BCUT2D eigenvalue weighted by atomic mass is 10.1. The van der Waals surface area contributed by atoms with Crippen molar-refractivity contribution >= 4 is 11.8 Å². The van der Waals surface area contributed by atoms with Crippen LogP contribution >= 0.6 is 0 Å². The first-order valence-corrected chi connectivity index (χ1v) is 6.22. The van der Waals surface area contributed by atoms with Crippen LogP contribution in [0.15, 0.2) is 12.1 Å². The predicted octanol–water partition coefficient (Wildman–Crippen LogP) is 1.15. The van der Waals surface area contributed by atoms with Gasteiger partial charge in [0.05, 0.1) is 18.3 Å². The van der Waals surface area contributed by atoms with Crippen LogP contribution in [0, 0.1) is 0 Å². The molecular weight excluding hydrogens is 248 g/mol. The quantitative estimate of drug-likeness (QED) is 0.655. The van der Waals surface area contributed by atoms with E-state index < -0.39 is 12.1 Å². The standard InChI is InChI=1S/C13H20N2O4/c1-3-4-10-5-9(13(17)18)6-12(15-10)14-7-11(16)8-19-2/h5-6,11,16H,3-4,7-8H2,1-2H3,(H,14,15)(H,17,18). The zero-order valence-corrected chi connectivity index (χ0v) is 11.2. The topological polar surface area (TPSA) is 91.7 Å². The smallest absolute Gasteiger partial charge is 0.335 e. The third kappa shape index (κ3) is 5.23. The van der Waals surface area contributed by atoms with E-state index in [9.17, 15) is 9.90 Å². The van der Waals surface area contributed by atoms with Crippen molar-refractivity contribution in [2.45, 2.75) is 25.9 Å². The second kappa shape index (κ2) is 7.70. The number of rotatable bonds is 8. The third-order valence-electron chi connectivity index (χ3n) is 2.51. The van der Waals surface area contributed by atoms with Crippen LogP contribution in [0.4, 0.5) is 5.82 Å². The Labute approximate surface area is 112 Å². The molecule has 6 nitrogen and oxygen atoms in total. The molecule has 1 aromatic rings. The van der Waals surface area contributed by atoms with E-state index in [4.69, 9.17) is 9.84 Å². The predicted molar refractivity (Wildman–Crippen MR) is 71.6 cm³/mol. The first-order valence-electron chi connectivity index (χ1n) is 6.22. The van der Waals surface area contributed by atoms with Crippen molar-refractivity contribution in [3.8, 4) is 0 Å². The average molecular weight is 268 g/mol. The molecule has 0 amide bonds. The number of aromatic carboxylic acids is 1. The van der Waals surface area contributed by atoms with Crippen LogP contribution in [0.25, 0.3) is 0 Å². The maximum absolute atomic E-state index is 11.0. The summed E-state index contributed by atoms with van der Waals surface area (Å²) in [5, 5.41) is 21.5. The number of ether oxygens (including phenoxy) is 1. The summed E-state index contributed by atoms with van der Waals surface area (Å²) >= 11 is 0. The number of carbonyl (C=O) groups is 1. The van der Waals surface area contributed by atoms with Crippen LogP contribution in [-0.2, 0) is 11.2 Å². The van der Waals surface area contributed by atoms with Crippen molar-refractivity contribution < 1.29 is 19.7 Å². The first-order chi connectivity index (χ1) is 9.06. The Bertz CT molecular complexity index is 423. The van der Waals surface area contributed by atoms with E-state index >= 15 is 0 Å². The molecule has 1 rings (SSSR count). The monoisotopic (exact) mass is 268 g/mol. The fourth-order valence-corrected chi connectivity index (χ4v) is 1.66. The number of hydrogen-bond donors (Lipinski definition) is 3. The summed E-state index contributed by atoms with van der Waals surface area (Å²) in [4.78, 5) is 15.3. The van der Waals surface area contributed by atoms with E-state index in [0.717, 1.165) is 18.5 Å². The molecule has 0 aromatic carbocycles. The highest BCUT2D eigenvalue weighted by Gasteiger charge is 2.09. The van der Waals surface area contributed by atoms with Crippen LogP contribution in [0.2, 0.25) is 0 Å². The van der Waals surface area contributed by atoms with Gasteiger partial charge in [-0.25, -0.2) is 9.78 Å². The summed E-state index contributed by atoms with van der Waals surface area (Å²) in [5.41, 5.74) is 0.924. The molecule has 0 aliphatic heterocycles. The van der Waals surface area contributed by atoms with E-state index in [1.54, 1.807) is 6.07 Å². The molecule has 1 atom stereocenters. The molecule has 19 heavy (non-hydrogen) atoms. The number of pyridine rings is 1. The van der Waals surface area contributed by atoms with E-state index in [2.05, 4.69) is 10.3 Å². The molecule has 3 N–H and O–H groups in total. The molecule has 1 aromatic heterocycles. The SMILES string of the molecule is CCCc1cc(C(=O)O)cc(NCC(O)COC)n1. The maximum Gasteiger partial charge on any atom is 0.335 e. The Hall–Kier alpha value is -1.66. The van der Waals surface area contributed by atoms with E-state index in [-0.39, 0.29) is 18.7 Å². The van der Waals surface area contributed by atoms with Crippen LogP contribution in [0.3, 0.4) is 0 Å². The Morgan fingerprint density at radius 3 is 2.84 bits per heavy atom. The zero-order valence-electron chi connectivity index (χ0n) is 11.2. The summed E-state index contributed by atoms with van der Waals surface area (Å²) in [7, 11) is 1.51. The number of aromatic nitrogens is 1. The number of hydrogen-bond acceptors (Lipinski definition) is 5. The Morgan fingerprint density at radius 1 is 1.53 bits per heavy atom. The Balaban J connectivity index is 2.78. The number of carboxylic acid groups (broad SMARTS) is 1.